The highest BCUT2D eigenvalue weighted by Gasteiger charge is 2.73. The first-order valence-electron chi connectivity index (χ1n) is 3.83. The van der Waals surface area contributed by atoms with E-state index in [2.05, 4.69) is 0 Å². The minimum atomic E-state index is 0.288. The van der Waals surface area contributed by atoms with Gasteiger partial charge in [0.2, 0.25) is 0 Å². The van der Waals surface area contributed by atoms with Crippen molar-refractivity contribution < 1.29 is 4.79 Å². The third kappa shape index (κ3) is 0.322. The van der Waals surface area contributed by atoms with E-state index in [1.165, 1.54) is 32.1 Å². The van der Waals surface area contributed by atoms with Crippen molar-refractivity contribution >= 4 is 5.78 Å². The molecular formula is C8H10O. The van der Waals surface area contributed by atoms with Gasteiger partial charge < -0.3 is 0 Å². The summed E-state index contributed by atoms with van der Waals surface area (Å²) in [4.78, 5) is 11.3. The lowest BCUT2D eigenvalue weighted by molar-refractivity contribution is -0.140. The number of ketones is 1. The molecule has 0 atom stereocenters. The maximum Gasteiger partial charge on any atom is 0.145 e. The van der Waals surface area contributed by atoms with Crippen molar-refractivity contribution in [3.8, 4) is 0 Å². The lowest BCUT2D eigenvalue weighted by Gasteiger charge is -2.34. The van der Waals surface area contributed by atoms with E-state index in [0.29, 0.717) is 5.78 Å². The number of carbonyl (C=O) groups is 1. The lowest BCUT2D eigenvalue weighted by atomic mass is 9.67. The van der Waals surface area contributed by atoms with E-state index in [9.17, 15) is 4.79 Å². The van der Waals surface area contributed by atoms with Crippen molar-refractivity contribution in [1.29, 1.82) is 0 Å². The Kier molecular flexibility index (Phi) is 0.439. The molecule has 0 N–H and O–H groups in total. The molecule has 0 aliphatic heterocycles. The van der Waals surface area contributed by atoms with Crippen LogP contribution >= 0.6 is 0 Å². The Labute approximate surface area is 54.4 Å². The van der Waals surface area contributed by atoms with Gasteiger partial charge in [0, 0.05) is 10.8 Å². The van der Waals surface area contributed by atoms with Crippen LogP contribution in [0.1, 0.15) is 32.1 Å². The summed E-state index contributed by atoms with van der Waals surface area (Å²) in [5, 5.41) is 0. The molecule has 0 aromatic rings. The molecule has 0 heterocycles. The Morgan fingerprint density at radius 1 is 1.00 bits per heavy atom. The van der Waals surface area contributed by atoms with Crippen LogP contribution in [0.5, 0.6) is 0 Å². The Bertz CT molecular complexity index is 177. The molecule has 1 heteroatoms. The summed E-state index contributed by atoms with van der Waals surface area (Å²) in [6.07, 6.45) is 6.13. The average Bonchev–Trinajstić information content (AvgIpc) is 2.64. The molecule has 1 nitrogen and oxygen atoms in total. The largest absolute Gasteiger partial charge is 0.298 e. The maximum atomic E-state index is 11.3. The quantitative estimate of drug-likeness (QED) is 0.476. The van der Waals surface area contributed by atoms with Crippen LogP contribution in [0.25, 0.3) is 0 Å². The molecular weight excluding hydrogens is 112 g/mol. The van der Waals surface area contributed by atoms with E-state index in [4.69, 9.17) is 0 Å². The molecule has 0 amide bonds. The Morgan fingerprint density at radius 2 is 1.44 bits per heavy atom. The van der Waals surface area contributed by atoms with Crippen molar-refractivity contribution in [3.05, 3.63) is 0 Å². The van der Waals surface area contributed by atoms with Crippen LogP contribution < -0.4 is 0 Å². The van der Waals surface area contributed by atoms with Gasteiger partial charge in [-0.15, -0.1) is 0 Å². The fraction of sp³-hybridized carbons (Fsp3) is 0.875. The first-order chi connectivity index (χ1) is 4.28. The number of carbonyl (C=O) groups excluding carboxylic acids is 1. The van der Waals surface area contributed by atoms with Crippen molar-refractivity contribution in [2.75, 3.05) is 0 Å². The summed E-state index contributed by atoms with van der Waals surface area (Å²) in [7, 11) is 0. The number of Topliss-reactive ketones (excluding diaryl/α,β-unsaturated/α-hetero) is 1. The highest BCUT2D eigenvalue weighted by atomic mass is 16.1. The van der Waals surface area contributed by atoms with E-state index in [1.54, 1.807) is 0 Å². The fourth-order valence-corrected chi connectivity index (χ4v) is 2.37. The zero-order chi connectivity index (χ0) is 6.11. The molecule has 0 bridgehead atoms. The van der Waals surface area contributed by atoms with Crippen LogP contribution in [0.2, 0.25) is 0 Å². The number of hydrogen-bond acceptors (Lipinski definition) is 1. The first-order valence-corrected chi connectivity index (χ1v) is 3.83. The van der Waals surface area contributed by atoms with Gasteiger partial charge in [0.15, 0.2) is 0 Å². The van der Waals surface area contributed by atoms with E-state index in [1.807, 2.05) is 0 Å². The lowest BCUT2D eigenvalue weighted by Crippen LogP contribution is -2.40. The molecule has 0 radical (unpaired) electrons. The van der Waals surface area contributed by atoms with Gasteiger partial charge in [0.25, 0.3) is 0 Å². The summed E-state index contributed by atoms with van der Waals surface area (Å²) < 4.78 is 0. The Balaban J connectivity index is 1.97. The topological polar surface area (TPSA) is 17.1 Å². The third-order valence-electron chi connectivity index (χ3n) is 3.35. The molecule has 3 fully saturated rings. The average molecular weight is 122 g/mol. The zero-order valence-electron chi connectivity index (χ0n) is 5.44. The molecule has 3 aliphatic rings. The van der Waals surface area contributed by atoms with Crippen LogP contribution in [0, 0.1) is 10.8 Å². The second-order valence-electron chi connectivity index (χ2n) is 4.07. The van der Waals surface area contributed by atoms with E-state index in [0.717, 1.165) is 0 Å². The molecule has 3 rings (SSSR count). The predicted octanol–water partition coefficient (Wildman–Crippen LogP) is 1.52. The summed E-state index contributed by atoms with van der Waals surface area (Å²) in [5.74, 6) is 0.634. The minimum Gasteiger partial charge on any atom is -0.298 e. The van der Waals surface area contributed by atoms with E-state index in [-0.39, 0.29) is 10.8 Å². The van der Waals surface area contributed by atoms with Crippen LogP contribution in [0.4, 0.5) is 0 Å². The SMILES string of the molecule is O=C1C2(CC2)CC12CC2. The van der Waals surface area contributed by atoms with Crippen LogP contribution in [-0.2, 0) is 4.79 Å². The highest BCUT2D eigenvalue weighted by molar-refractivity contribution is 6.00. The molecule has 9 heavy (non-hydrogen) atoms. The molecule has 0 aromatic carbocycles. The highest BCUT2D eigenvalue weighted by Crippen LogP contribution is 2.74. The fourth-order valence-electron chi connectivity index (χ4n) is 2.37. The number of rotatable bonds is 0. The molecule has 2 spiro atoms. The van der Waals surface area contributed by atoms with Crippen molar-refractivity contribution in [3.63, 3.8) is 0 Å². The molecule has 48 valence electrons. The normalized spacial score (nSPS) is 38.9. The minimum absolute atomic E-state index is 0.288. The smallest absolute Gasteiger partial charge is 0.145 e. The van der Waals surface area contributed by atoms with Crippen LogP contribution in [-0.4, -0.2) is 5.78 Å². The van der Waals surface area contributed by atoms with Crippen LogP contribution in [0.15, 0.2) is 0 Å². The standard InChI is InChI=1S/C8H10O/c9-6-7(1-2-7)5-8(6)3-4-8/h1-5H2. The van der Waals surface area contributed by atoms with Crippen molar-refractivity contribution in [1.82, 2.24) is 0 Å². The zero-order valence-corrected chi connectivity index (χ0v) is 5.44. The van der Waals surface area contributed by atoms with Gasteiger partial charge in [0.1, 0.15) is 5.78 Å². The van der Waals surface area contributed by atoms with Gasteiger partial charge in [-0.2, -0.15) is 0 Å². The number of hydrogen-bond donors (Lipinski definition) is 0. The van der Waals surface area contributed by atoms with Gasteiger partial charge in [0.05, 0.1) is 0 Å². The van der Waals surface area contributed by atoms with Crippen molar-refractivity contribution in [2.45, 2.75) is 32.1 Å². The van der Waals surface area contributed by atoms with Gasteiger partial charge in [-0.3, -0.25) is 4.79 Å². The molecule has 3 saturated carbocycles. The van der Waals surface area contributed by atoms with E-state index >= 15 is 0 Å². The molecule has 0 saturated heterocycles. The second-order valence-corrected chi connectivity index (χ2v) is 4.07. The maximum absolute atomic E-state index is 11.3. The summed E-state index contributed by atoms with van der Waals surface area (Å²) >= 11 is 0. The third-order valence-corrected chi connectivity index (χ3v) is 3.35. The van der Waals surface area contributed by atoms with Crippen LogP contribution in [0.3, 0.4) is 0 Å². The molecule has 3 aliphatic carbocycles. The summed E-state index contributed by atoms with van der Waals surface area (Å²) in [5.41, 5.74) is 0.576. The summed E-state index contributed by atoms with van der Waals surface area (Å²) in [6.45, 7) is 0. The summed E-state index contributed by atoms with van der Waals surface area (Å²) in [6, 6.07) is 0. The first kappa shape index (κ1) is 4.48. The van der Waals surface area contributed by atoms with Gasteiger partial charge in [-0.05, 0) is 32.1 Å². The Hall–Kier alpha value is -0.330. The van der Waals surface area contributed by atoms with Gasteiger partial charge >= 0.3 is 0 Å². The second kappa shape index (κ2) is 0.882. The van der Waals surface area contributed by atoms with Gasteiger partial charge in [-0.1, -0.05) is 0 Å². The molecule has 0 aromatic heterocycles. The molecule has 0 unspecified atom stereocenters. The monoisotopic (exact) mass is 122 g/mol. The Morgan fingerprint density at radius 3 is 1.67 bits per heavy atom. The predicted molar refractivity (Wildman–Crippen MR) is 33.0 cm³/mol. The van der Waals surface area contributed by atoms with Crippen molar-refractivity contribution in [2.24, 2.45) is 10.8 Å². The van der Waals surface area contributed by atoms with Gasteiger partial charge in [-0.25, -0.2) is 0 Å². The van der Waals surface area contributed by atoms with E-state index < -0.39 is 0 Å².